The average molecular weight is 231 g/mol. The summed E-state index contributed by atoms with van der Waals surface area (Å²) in [7, 11) is 0. The molecule has 1 heterocycles. The predicted octanol–water partition coefficient (Wildman–Crippen LogP) is 4.68. The number of nitrogens with one attached hydrogen (secondary N) is 1. The van der Waals surface area contributed by atoms with Crippen molar-refractivity contribution in [2.75, 3.05) is 5.32 Å². The van der Waals surface area contributed by atoms with E-state index in [1.165, 1.54) is 23.2 Å². The number of hydrogen-bond acceptors (Lipinski definition) is 1. The molecular weight excluding hydrogens is 206 g/mol. The van der Waals surface area contributed by atoms with E-state index >= 15 is 0 Å². The topological polar surface area (TPSA) is 12.0 Å². The molecule has 17 heavy (non-hydrogen) atoms. The van der Waals surface area contributed by atoms with Crippen LogP contribution in [0.3, 0.4) is 0 Å². The summed E-state index contributed by atoms with van der Waals surface area (Å²) in [5, 5.41) is 3.65. The van der Waals surface area contributed by atoms with Gasteiger partial charge in [0.1, 0.15) is 0 Å². The van der Waals surface area contributed by atoms with E-state index in [2.05, 4.69) is 65.1 Å². The fourth-order valence-electron chi connectivity index (χ4n) is 2.84. The Morgan fingerprint density at radius 1 is 1.24 bits per heavy atom. The Morgan fingerprint density at radius 2 is 1.88 bits per heavy atom. The maximum absolute atomic E-state index is 3.65. The normalized spacial score (nSPS) is 22.8. The van der Waals surface area contributed by atoms with Crippen LogP contribution in [0, 0.1) is 0 Å². The van der Waals surface area contributed by atoms with Gasteiger partial charge in [0.15, 0.2) is 0 Å². The number of hydrogen-bond donors (Lipinski definition) is 1. The van der Waals surface area contributed by atoms with Gasteiger partial charge in [-0.05, 0) is 48.8 Å². The van der Waals surface area contributed by atoms with Gasteiger partial charge in [0.2, 0.25) is 0 Å². The van der Waals surface area contributed by atoms with Gasteiger partial charge in [-0.25, -0.2) is 0 Å². The molecule has 1 aromatic carbocycles. The third kappa shape index (κ3) is 2.48. The van der Waals surface area contributed by atoms with Crippen LogP contribution in [0.5, 0.6) is 0 Å². The summed E-state index contributed by atoms with van der Waals surface area (Å²) in [6.45, 7) is 13.7. The van der Waals surface area contributed by atoms with E-state index in [1.54, 1.807) is 0 Å². The zero-order valence-corrected chi connectivity index (χ0v) is 12.0. The van der Waals surface area contributed by atoms with Crippen LogP contribution in [0.25, 0.3) is 0 Å². The second-order valence-corrected chi connectivity index (χ2v) is 7.17. The number of benzene rings is 1. The molecule has 1 heteroatoms. The molecule has 0 fully saturated rings. The first-order valence-electron chi connectivity index (χ1n) is 6.62. The zero-order valence-electron chi connectivity index (χ0n) is 12.0. The summed E-state index contributed by atoms with van der Waals surface area (Å²) in [6, 6.07) is 6.91. The lowest BCUT2D eigenvalue weighted by atomic mass is 9.78. The minimum atomic E-state index is 0.218. The van der Waals surface area contributed by atoms with E-state index in [4.69, 9.17) is 0 Å². The molecule has 0 aliphatic carbocycles. The van der Waals surface area contributed by atoms with E-state index in [0.717, 1.165) is 0 Å². The van der Waals surface area contributed by atoms with Crippen LogP contribution in [-0.2, 0) is 5.41 Å². The highest BCUT2D eigenvalue weighted by atomic mass is 15.0. The summed E-state index contributed by atoms with van der Waals surface area (Å²) >= 11 is 0. The fourth-order valence-corrected chi connectivity index (χ4v) is 2.84. The summed E-state index contributed by atoms with van der Waals surface area (Å²) in [6.07, 6.45) is 1.20. The second kappa shape index (κ2) is 3.76. The highest BCUT2D eigenvalue weighted by Gasteiger charge is 2.29. The Bertz CT molecular complexity index is 424. The van der Waals surface area contributed by atoms with E-state index in [9.17, 15) is 0 Å². The van der Waals surface area contributed by atoms with Gasteiger partial charge in [0.25, 0.3) is 0 Å². The van der Waals surface area contributed by atoms with E-state index < -0.39 is 0 Å². The number of fused-ring (bicyclic) bond motifs is 1. The molecule has 1 unspecified atom stereocenters. The van der Waals surface area contributed by atoms with Crippen molar-refractivity contribution in [2.45, 2.75) is 64.8 Å². The average Bonchev–Trinajstić information content (AvgIpc) is 2.13. The van der Waals surface area contributed by atoms with Gasteiger partial charge in [0.05, 0.1) is 0 Å². The van der Waals surface area contributed by atoms with Crippen molar-refractivity contribution < 1.29 is 0 Å². The monoisotopic (exact) mass is 231 g/mol. The molecule has 1 N–H and O–H groups in total. The summed E-state index contributed by atoms with van der Waals surface area (Å²) < 4.78 is 0. The molecule has 0 spiro atoms. The molecule has 1 nitrogen and oxygen atoms in total. The van der Waals surface area contributed by atoms with Crippen LogP contribution in [-0.4, -0.2) is 5.54 Å². The van der Waals surface area contributed by atoms with E-state index in [0.29, 0.717) is 5.92 Å². The Morgan fingerprint density at radius 3 is 2.47 bits per heavy atom. The third-order valence-corrected chi connectivity index (χ3v) is 3.74. The first-order valence-corrected chi connectivity index (χ1v) is 6.62. The summed E-state index contributed by atoms with van der Waals surface area (Å²) in [5.41, 5.74) is 4.69. The minimum Gasteiger partial charge on any atom is -0.380 e. The van der Waals surface area contributed by atoms with Crippen molar-refractivity contribution >= 4 is 5.69 Å². The highest BCUT2D eigenvalue weighted by Crippen LogP contribution is 2.40. The van der Waals surface area contributed by atoms with Crippen molar-refractivity contribution in [3.63, 3.8) is 0 Å². The minimum absolute atomic E-state index is 0.218. The Hall–Kier alpha value is -0.980. The fraction of sp³-hybridized carbons (Fsp3) is 0.625. The largest absolute Gasteiger partial charge is 0.380 e. The van der Waals surface area contributed by atoms with Crippen molar-refractivity contribution in [3.8, 4) is 0 Å². The molecule has 0 bridgehead atoms. The second-order valence-electron chi connectivity index (χ2n) is 7.17. The van der Waals surface area contributed by atoms with Gasteiger partial charge in [-0.2, -0.15) is 0 Å². The Kier molecular flexibility index (Phi) is 2.76. The van der Waals surface area contributed by atoms with Crippen LogP contribution in [0.15, 0.2) is 18.2 Å². The lowest BCUT2D eigenvalue weighted by Crippen LogP contribution is -2.36. The van der Waals surface area contributed by atoms with Gasteiger partial charge in [0, 0.05) is 11.2 Å². The number of anilines is 1. The zero-order chi connectivity index (χ0) is 12.8. The molecule has 0 aromatic heterocycles. The van der Waals surface area contributed by atoms with Gasteiger partial charge >= 0.3 is 0 Å². The molecular formula is C16H25N. The van der Waals surface area contributed by atoms with Gasteiger partial charge < -0.3 is 5.32 Å². The maximum Gasteiger partial charge on any atom is 0.0379 e. The van der Waals surface area contributed by atoms with Crippen LogP contribution in [0.1, 0.15) is 65.0 Å². The van der Waals surface area contributed by atoms with Gasteiger partial charge in [-0.1, -0.05) is 39.8 Å². The lowest BCUT2D eigenvalue weighted by Gasteiger charge is -2.38. The first-order chi connectivity index (χ1) is 7.69. The lowest BCUT2D eigenvalue weighted by molar-refractivity contribution is 0.453. The van der Waals surface area contributed by atoms with Crippen LogP contribution in [0.2, 0.25) is 0 Å². The molecule has 0 saturated carbocycles. The quantitative estimate of drug-likeness (QED) is 0.683. The third-order valence-electron chi connectivity index (χ3n) is 3.74. The van der Waals surface area contributed by atoms with Gasteiger partial charge in [-0.3, -0.25) is 0 Å². The SMILES string of the molecule is CC1CC(C)(C)Nc2ccc(C(C)(C)C)cc21. The summed E-state index contributed by atoms with van der Waals surface area (Å²) in [4.78, 5) is 0. The van der Waals surface area contributed by atoms with Crippen molar-refractivity contribution in [2.24, 2.45) is 0 Å². The molecule has 1 aromatic rings. The van der Waals surface area contributed by atoms with E-state index in [1.807, 2.05) is 0 Å². The van der Waals surface area contributed by atoms with Crippen LogP contribution >= 0.6 is 0 Å². The molecule has 0 saturated heterocycles. The molecule has 1 aliphatic rings. The maximum atomic E-state index is 3.65. The van der Waals surface area contributed by atoms with Gasteiger partial charge in [-0.15, -0.1) is 0 Å². The summed E-state index contributed by atoms with van der Waals surface area (Å²) in [5.74, 6) is 0.642. The molecule has 0 amide bonds. The predicted molar refractivity (Wildman–Crippen MR) is 75.9 cm³/mol. The van der Waals surface area contributed by atoms with Crippen molar-refractivity contribution in [1.29, 1.82) is 0 Å². The molecule has 0 radical (unpaired) electrons. The number of rotatable bonds is 0. The van der Waals surface area contributed by atoms with Crippen molar-refractivity contribution in [1.82, 2.24) is 0 Å². The Balaban J connectivity index is 2.44. The standard InChI is InChI=1S/C16H25N/c1-11-10-16(5,6)17-14-8-7-12(9-13(11)14)15(2,3)4/h7-9,11,17H,10H2,1-6H3. The highest BCUT2D eigenvalue weighted by molar-refractivity contribution is 5.58. The Labute approximate surface area is 106 Å². The van der Waals surface area contributed by atoms with Crippen LogP contribution < -0.4 is 5.32 Å². The molecule has 94 valence electrons. The smallest absolute Gasteiger partial charge is 0.0379 e. The molecule has 1 aliphatic heterocycles. The molecule has 1 atom stereocenters. The molecule has 2 rings (SSSR count). The van der Waals surface area contributed by atoms with Crippen LogP contribution in [0.4, 0.5) is 5.69 Å². The first kappa shape index (κ1) is 12.5. The van der Waals surface area contributed by atoms with Crippen molar-refractivity contribution in [3.05, 3.63) is 29.3 Å². The van der Waals surface area contributed by atoms with E-state index in [-0.39, 0.29) is 11.0 Å².